The van der Waals surface area contributed by atoms with Crippen molar-refractivity contribution < 1.29 is 9.53 Å². The van der Waals surface area contributed by atoms with Gasteiger partial charge in [-0.15, -0.1) is 0 Å². The number of anilines is 1. The van der Waals surface area contributed by atoms with E-state index in [0.717, 1.165) is 11.3 Å². The number of ether oxygens (including phenoxy) is 1. The van der Waals surface area contributed by atoms with E-state index < -0.39 is 6.04 Å². The lowest BCUT2D eigenvalue weighted by molar-refractivity contribution is -0.144. The molecule has 0 aliphatic carbocycles. The van der Waals surface area contributed by atoms with Gasteiger partial charge in [0.2, 0.25) is 0 Å². The van der Waals surface area contributed by atoms with Crippen molar-refractivity contribution >= 4 is 11.7 Å². The van der Waals surface area contributed by atoms with E-state index >= 15 is 0 Å². The molecule has 0 heterocycles. The quantitative estimate of drug-likeness (QED) is 0.819. The van der Waals surface area contributed by atoms with Crippen LogP contribution in [0.3, 0.4) is 0 Å². The fourth-order valence-electron chi connectivity index (χ4n) is 2.28. The van der Waals surface area contributed by atoms with E-state index in [1.165, 1.54) is 0 Å². The van der Waals surface area contributed by atoms with E-state index in [4.69, 9.17) is 4.74 Å². The van der Waals surface area contributed by atoms with Gasteiger partial charge in [-0.25, -0.2) is 4.79 Å². The van der Waals surface area contributed by atoms with Crippen LogP contribution in [-0.4, -0.2) is 18.6 Å². The van der Waals surface area contributed by atoms with Crippen LogP contribution in [-0.2, 0) is 9.53 Å². The maximum Gasteiger partial charge on any atom is 0.329 e. The van der Waals surface area contributed by atoms with Crippen LogP contribution in [0.5, 0.6) is 0 Å². The summed E-state index contributed by atoms with van der Waals surface area (Å²) in [6.07, 6.45) is 0. The summed E-state index contributed by atoms with van der Waals surface area (Å²) in [5, 5.41) is 3.29. The molecule has 0 spiro atoms. The van der Waals surface area contributed by atoms with Crippen LogP contribution in [0.2, 0.25) is 0 Å². The van der Waals surface area contributed by atoms with Gasteiger partial charge in [-0.3, -0.25) is 0 Å². The number of carbonyl (C=O) groups excluding carboxylic acids is 1. The number of rotatable bonds is 6. The van der Waals surface area contributed by atoms with Crippen LogP contribution in [0.4, 0.5) is 5.69 Å². The van der Waals surface area contributed by atoms with Crippen molar-refractivity contribution in [1.29, 1.82) is 0 Å². The Labute approximate surface area is 126 Å². The van der Waals surface area contributed by atoms with Crippen molar-refractivity contribution in [3.05, 3.63) is 66.2 Å². The van der Waals surface area contributed by atoms with Crippen LogP contribution in [0.15, 0.2) is 60.7 Å². The molecular formula is C18H21NO2. The molecule has 0 fully saturated rings. The third kappa shape index (κ3) is 4.09. The van der Waals surface area contributed by atoms with E-state index in [2.05, 4.69) is 5.32 Å². The molecule has 0 saturated heterocycles. The van der Waals surface area contributed by atoms with Gasteiger partial charge in [0, 0.05) is 11.6 Å². The average molecular weight is 283 g/mol. The number of carbonyl (C=O) groups is 1. The normalized spacial score (nSPS) is 13.2. The number of hydrogen-bond donors (Lipinski definition) is 1. The highest BCUT2D eigenvalue weighted by molar-refractivity contribution is 5.80. The van der Waals surface area contributed by atoms with Gasteiger partial charge in [0.1, 0.15) is 6.04 Å². The first-order valence-corrected chi connectivity index (χ1v) is 7.25. The lowest BCUT2D eigenvalue weighted by atomic mass is 9.93. The summed E-state index contributed by atoms with van der Waals surface area (Å²) in [6.45, 7) is 4.24. The molecule has 0 bridgehead atoms. The first kappa shape index (κ1) is 15.1. The Balaban J connectivity index is 2.21. The summed E-state index contributed by atoms with van der Waals surface area (Å²) in [6, 6.07) is 19.3. The van der Waals surface area contributed by atoms with E-state index in [1.54, 1.807) is 0 Å². The summed E-state index contributed by atoms with van der Waals surface area (Å²) < 4.78 is 5.22. The molecule has 0 aliphatic heterocycles. The number of esters is 1. The zero-order chi connectivity index (χ0) is 15.1. The van der Waals surface area contributed by atoms with Gasteiger partial charge < -0.3 is 10.1 Å². The fourth-order valence-corrected chi connectivity index (χ4v) is 2.28. The number of hydrogen-bond acceptors (Lipinski definition) is 3. The molecule has 3 nitrogen and oxygen atoms in total. The molecule has 2 atom stereocenters. The smallest absolute Gasteiger partial charge is 0.329 e. The Bertz CT molecular complexity index is 554. The fraction of sp³-hybridized carbons (Fsp3) is 0.278. The van der Waals surface area contributed by atoms with Gasteiger partial charge in [-0.05, 0) is 24.6 Å². The Morgan fingerprint density at radius 1 is 1.05 bits per heavy atom. The SMILES string of the molecule is CCOC(=O)C(Nc1ccccc1)C(C)c1ccccc1. The summed E-state index contributed by atoms with van der Waals surface area (Å²) >= 11 is 0. The predicted octanol–water partition coefficient (Wildman–Crippen LogP) is 3.83. The second-order valence-electron chi connectivity index (χ2n) is 4.94. The van der Waals surface area contributed by atoms with Crippen molar-refractivity contribution in [3.63, 3.8) is 0 Å². The summed E-state index contributed by atoms with van der Waals surface area (Å²) in [5.41, 5.74) is 2.03. The van der Waals surface area contributed by atoms with Gasteiger partial charge in [-0.1, -0.05) is 55.5 Å². The maximum atomic E-state index is 12.3. The van der Waals surface area contributed by atoms with Crippen LogP contribution < -0.4 is 5.32 Å². The molecule has 0 aliphatic rings. The van der Waals surface area contributed by atoms with Gasteiger partial charge in [-0.2, -0.15) is 0 Å². The Morgan fingerprint density at radius 3 is 2.19 bits per heavy atom. The summed E-state index contributed by atoms with van der Waals surface area (Å²) in [5.74, 6) is -0.205. The minimum absolute atomic E-state index is 0.0189. The molecule has 2 aromatic carbocycles. The molecule has 21 heavy (non-hydrogen) atoms. The predicted molar refractivity (Wildman–Crippen MR) is 85.3 cm³/mol. The zero-order valence-corrected chi connectivity index (χ0v) is 12.5. The lowest BCUT2D eigenvalue weighted by Crippen LogP contribution is -2.36. The summed E-state index contributed by atoms with van der Waals surface area (Å²) in [4.78, 5) is 12.3. The molecule has 0 aromatic heterocycles. The second-order valence-corrected chi connectivity index (χ2v) is 4.94. The van der Waals surface area contributed by atoms with Crippen LogP contribution in [0.25, 0.3) is 0 Å². The standard InChI is InChI=1S/C18H21NO2/c1-3-21-18(20)17(19-16-12-8-5-9-13-16)14(2)15-10-6-4-7-11-15/h4-14,17,19H,3H2,1-2H3. The third-order valence-electron chi connectivity index (χ3n) is 3.46. The Morgan fingerprint density at radius 2 is 1.62 bits per heavy atom. The van der Waals surface area contributed by atoms with E-state index in [-0.39, 0.29) is 11.9 Å². The highest BCUT2D eigenvalue weighted by Crippen LogP contribution is 2.23. The lowest BCUT2D eigenvalue weighted by Gasteiger charge is -2.24. The minimum Gasteiger partial charge on any atom is -0.464 e. The highest BCUT2D eigenvalue weighted by atomic mass is 16.5. The average Bonchev–Trinajstić information content (AvgIpc) is 2.54. The minimum atomic E-state index is -0.408. The van der Waals surface area contributed by atoms with Gasteiger partial charge >= 0.3 is 5.97 Å². The molecule has 2 unspecified atom stereocenters. The topological polar surface area (TPSA) is 38.3 Å². The zero-order valence-electron chi connectivity index (χ0n) is 12.5. The van der Waals surface area contributed by atoms with Gasteiger partial charge in [0.15, 0.2) is 0 Å². The van der Waals surface area contributed by atoms with Crippen LogP contribution >= 0.6 is 0 Å². The molecule has 3 heteroatoms. The molecule has 1 N–H and O–H groups in total. The maximum absolute atomic E-state index is 12.3. The third-order valence-corrected chi connectivity index (χ3v) is 3.46. The Kier molecular flexibility index (Phi) is 5.38. The molecular weight excluding hydrogens is 262 g/mol. The van der Waals surface area contributed by atoms with Crippen LogP contribution in [0.1, 0.15) is 25.3 Å². The van der Waals surface area contributed by atoms with E-state index in [0.29, 0.717) is 6.61 Å². The molecule has 0 radical (unpaired) electrons. The van der Waals surface area contributed by atoms with Crippen LogP contribution in [0, 0.1) is 0 Å². The van der Waals surface area contributed by atoms with Crippen molar-refractivity contribution in [3.8, 4) is 0 Å². The largest absolute Gasteiger partial charge is 0.464 e. The monoisotopic (exact) mass is 283 g/mol. The van der Waals surface area contributed by atoms with Gasteiger partial charge in [0.25, 0.3) is 0 Å². The van der Waals surface area contributed by atoms with Crippen molar-refractivity contribution in [2.75, 3.05) is 11.9 Å². The first-order chi connectivity index (χ1) is 10.2. The molecule has 2 aromatic rings. The Hall–Kier alpha value is -2.29. The first-order valence-electron chi connectivity index (χ1n) is 7.25. The van der Waals surface area contributed by atoms with Crippen molar-refractivity contribution in [1.82, 2.24) is 0 Å². The highest BCUT2D eigenvalue weighted by Gasteiger charge is 2.27. The van der Waals surface area contributed by atoms with E-state index in [9.17, 15) is 4.79 Å². The molecule has 2 rings (SSSR count). The summed E-state index contributed by atoms with van der Waals surface area (Å²) in [7, 11) is 0. The number of benzene rings is 2. The van der Waals surface area contributed by atoms with Crippen molar-refractivity contribution in [2.45, 2.75) is 25.8 Å². The molecule has 0 saturated carbocycles. The number of para-hydroxylation sites is 1. The molecule has 0 amide bonds. The van der Waals surface area contributed by atoms with Crippen molar-refractivity contribution in [2.24, 2.45) is 0 Å². The number of nitrogens with one attached hydrogen (secondary N) is 1. The second kappa shape index (κ2) is 7.48. The van der Waals surface area contributed by atoms with Gasteiger partial charge in [0.05, 0.1) is 6.61 Å². The molecule has 110 valence electrons. The van der Waals surface area contributed by atoms with E-state index in [1.807, 2.05) is 74.5 Å².